The highest BCUT2D eigenvalue weighted by Crippen LogP contribution is 2.49. The van der Waals surface area contributed by atoms with Crippen molar-refractivity contribution >= 4 is 64.1 Å². The van der Waals surface area contributed by atoms with Gasteiger partial charge in [-0.25, -0.2) is 0 Å². The molecule has 0 spiro atoms. The summed E-state index contributed by atoms with van der Waals surface area (Å²) in [4.78, 5) is 0. The maximum Gasteiger partial charge on any atom is 0.167 e. The maximum atomic E-state index is 6.15. The molecule has 0 unspecified atom stereocenters. The van der Waals surface area contributed by atoms with Crippen LogP contribution in [0, 0.1) is 6.92 Å². The van der Waals surface area contributed by atoms with Gasteiger partial charge < -0.3 is 4.74 Å². The molecular formula is C15H9Cl5O. The van der Waals surface area contributed by atoms with Crippen molar-refractivity contribution in [2.75, 3.05) is 0 Å². The van der Waals surface area contributed by atoms with Crippen LogP contribution in [0.25, 0.3) is 6.08 Å². The molecule has 0 fully saturated rings. The van der Waals surface area contributed by atoms with Gasteiger partial charge in [-0.05, 0) is 24.1 Å². The summed E-state index contributed by atoms with van der Waals surface area (Å²) in [6.07, 6.45) is 1.73. The normalized spacial score (nSPS) is 10.6. The van der Waals surface area contributed by atoms with Crippen molar-refractivity contribution in [2.24, 2.45) is 0 Å². The molecule has 0 aliphatic rings. The van der Waals surface area contributed by atoms with Gasteiger partial charge in [0.05, 0.1) is 15.1 Å². The standard InChI is InChI=1S/C15H9Cl5O/c1-3-8-5-4-6-9(7(8)2)21-15-13(19)11(17)10(16)12(18)14(15)20/h3-6H,1H2,2H3. The molecule has 0 N–H and O–H groups in total. The average molecular weight is 383 g/mol. The third kappa shape index (κ3) is 3.13. The van der Waals surface area contributed by atoms with Crippen molar-refractivity contribution in [2.45, 2.75) is 6.92 Å². The zero-order valence-corrected chi connectivity index (χ0v) is 14.6. The van der Waals surface area contributed by atoms with Gasteiger partial charge in [0.25, 0.3) is 0 Å². The number of hydrogen-bond donors (Lipinski definition) is 0. The molecule has 2 aromatic carbocycles. The number of benzene rings is 2. The Labute approximate surface area is 148 Å². The summed E-state index contributed by atoms with van der Waals surface area (Å²) in [6.45, 7) is 5.64. The molecule has 0 saturated carbocycles. The highest BCUT2D eigenvalue weighted by molar-refractivity contribution is 6.55. The summed E-state index contributed by atoms with van der Waals surface area (Å²) in [5, 5.41) is 0.511. The van der Waals surface area contributed by atoms with Gasteiger partial charge in [0, 0.05) is 0 Å². The van der Waals surface area contributed by atoms with Crippen LogP contribution in [0.2, 0.25) is 25.1 Å². The lowest BCUT2D eigenvalue weighted by Gasteiger charge is -2.15. The summed E-state index contributed by atoms with van der Waals surface area (Å²) in [6, 6.07) is 5.53. The summed E-state index contributed by atoms with van der Waals surface area (Å²) in [5.41, 5.74) is 1.83. The van der Waals surface area contributed by atoms with Gasteiger partial charge in [-0.1, -0.05) is 82.8 Å². The predicted octanol–water partition coefficient (Wildman–Crippen LogP) is 7.70. The molecule has 2 rings (SSSR count). The van der Waals surface area contributed by atoms with E-state index in [2.05, 4.69) is 6.58 Å². The Kier molecular flexibility index (Phi) is 5.34. The van der Waals surface area contributed by atoms with Crippen molar-refractivity contribution in [3.8, 4) is 11.5 Å². The third-order valence-corrected chi connectivity index (χ3v) is 5.17. The van der Waals surface area contributed by atoms with Gasteiger partial charge in [0.1, 0.15) is 15.8 Å². The van der Waals surface area contributed by atoms with Crippen molar-refractivity contribution in [1.29, 1.82) is 0 Å². The SMILES string of the molecule is C=Cc1cccc(Oc2c(Cl)c(Cl)c(Cl)c(Cl)c2Cl)c1C. The molecule has 1 nitrogen and oxygen atoms in total. The Bertz CT molecular complexity index is 695. The fraction of sp³-hybridized carbons (Fsp3) is 0.0667. The first-order valence-electron chi connectivity index (χ1n) is 5.79. The molecular weight excluding hydrogens is 373 g/mol. The molecule has 0 bridgehead atoms. The maximum absolute atomic E-state index is 6.15. The van der Waals surface area contributed by atoms with E-state index in [0.29, 0.717) is 5.75 Å². The van der Waals surface area contributed by atoms with E-state index in [-0.39, 0.29) is 30.9 Å². The fourth-order valence-corrected chi connectivity index (χ4v) is 2.95. The largest absolute Gasteiger partial charge is 0.454 e. The van der Waals surface area contributed by atoms with E-state index in [1.165, 1.54) is 0 Å². The molecule has 0 aliphatic carbocycles. The van der Waals surface area contributed by atoms with Crippen LogP contribution in [-0.2, 0) is 0 Å². The Morgan fingerprint density at radius 1 is 0.905 bits per heavy atom. The molecule has 0 saturated heterocycles. The number of rotatable bonds is 3. The second-order valence-corrected chi connectivity index (χ2v) is 6.07. The van der Waals surface area contributed by atoms with Gasteiger partial charge in [-0.2, -0.15) is 0 Å². The summed E-state index contributed by atoms with van der Waals surface area (Å²) in [5.74, 6) is 0.743. The van der Waals surface area contributed by atoms with Gasteiger partial charge in [-0.15, -0.1) is 0 Å². The molecule has 0 aliphatic heterocycles. The molecule has 110 valence electrons. The Hall–Kier alpha value is -0.570. The molecule has 0 radical (unpaired) electrons. The smallest absolute Gasteiger partial charge is 0.167 e. The Balaban J connectivity index is 2.58. The molecule has 2 aromatic rings. The van der Waals surface area contributed by atoms with Crippen molar-refractivity contribution < 1.29 is 4.74 Å². The van der Waals surface area contributed by atoms with E-state index in [4.69, 9.17) is 62.7 Å². The number of ether oxygens (including phenoxy) is 1. The minimum atomic E-state index is 0.0947. The lowest BCUT2D eigenvalue weighted by molar-refractivity contribution is 0.479. The van der Waals surface area contributed by atoms with E-state index in [9.17, 15) is 0 Å². The minimum Gasteiger partial charge on any atom is -0.454 e. The molecule has 0 heterocycles. The second-order valence-electron chi connectivity index (χ2n) is 4.18. The quantitative estimate of drug-likeness (QED) is 0.390. The van der Waals surface area contributed by atoms with Gasteiger partial charge in [-0.3, -0.25) is 0 Å². The third-order valence-electron chi connectivity index (χ3n) is 2.93. The van der Waals surface area contributed by atoms with Gasteiger partial charge in [0.15, 0.2) is 5.75 Å². The van der Waals surface area contributed by atoms with Crippen LogP contribution in [-0.4, -0.2) is 0 Å². The van der Waals surface area contributed by atoms with Crippen molar-refractivity contribution in [3.05, 3.63) is 61.0 Å². The van der Waals surface area contributed by atoms with Crippen LogP contribution >= 0.6 is 58.0 Å². The molecule has 0 atom stereocenters. The fourth-order valence-electron chi connectivity index (χ4n) is 1.75. The van der Waals surface area contributed by atoms with Crippen LogP contribution in [0.15, 0.2) is 24.8 Å². The lowest BCUT2D eigenvalue weighted by atomic mass is 10.1. The van der Waals surface area contributed by atoms with Crippen LogP contribution < -0.4 is 4.74 Å². The van der Waals surface area contributed by atoms with Crippen LogP contribution in [0.3, 0.4) is 0 Å². The van der Waals surface area contributed by atoms with Gasteiger partial charge >= 0.3 is 0 Å². The first-order valence-corrected chi connectivity index (χ1v) is 7.68. The highest BCUT2D eigenvalue weighted by atomic mass is 35.5. The van der Waals surface area contributed by atoms with Crippen molar-refractivity contribution in [3.63, 3.8) is 0 Å². The van der Waals surface area contributed by atoms with E-state index in [1.54, 1.807) is 12.1 Å². The predicted molar refractivity (Wildman–Crippen MR) is 92.8 cm³/mol. The zero-order chi connectivity index (χ0) is 15.7. The first-order chi connectivity index (χ1) is 9.88. The Morgan fingerprint density at radius 3 is 1.95 bits per heavy atom. The van der Waals surface area contributed by atoms with E-state index >= 15 is 0 Å². The Morgan fingerprint density at radius 2 is 1.43 bits per heavy atom. The summed E-state index contributed by atoms with van der Waals surface area (Å²) >= 11 is 30.3. The van der Waals surface area contributed by atoms with Gasteiger partial charge in [0.2, 0.25) is 0 Å². The van der Waals surface area contributed by atoms with E-state index in [1.807, 2.05) is 19.1 Å². The van der Waals surface area contributed by atoms with E-state index < -0.39 is 0 Å². The van der Waals surface area contributed by atoms with Crippen LogP contribution in [0.5, 0.6) is 11.5 Å². The highest BCUT2D eigenvalue weighted by Gasteiger charge is 2.21. The topological polar surface area (TPSA) is 9.23 Å². The molecule has 0 amide bonds. The molecule has 0 aromatic heterocycles. The average Bonchev–Trinajstić information content (AvgIpc) is 2.49. The number of hydrogen-bond acceptors (Lipinski definition) is 1. The summed E-state index contributed by atoms with van der Waals surface area (Å²) < 4.78 is 5.79. The zero-order valence-electron chi connectivity index (χ0n) is 10.8. The monoisotopic (exact) mass is 380 g/mol. The van der Waals surface area contributed by atoms with Crippen molar-refractivity contribution in [1.82, 2.24) is 0 Å². The molecule has 6 heteroatoms. The lowest BCUT2D eigenvalue weighted by Crippen LogP contribution is -1.93. The summed E-state index contributed by atoms with van der Waals surface area (Å²) in [7, 11) is 0. The number of halogens is 5. The van der Waals surface area contributed by atoms with E-state index in [0.717, 1.165) is 11.1 Å². The van der Waals surface area contributed by atoms with Crippen LogP contribution in [0.1, 0.15) is 11.1 Å². The van der Waals surface area contributed by atoms with Crippen LogP contribution in [0.4, 0.5) is 0 Å². The molecule has 21 heavy (non-hydrogen) atoms. The minimum absolute atomic E-state index is 0.0947. The first kappa shape index (κ1) is 16.8. The second kappa shape index (κ2) is 6.68.